The third kappa shape index (κ3) is 4.65. The molecule has 0 unspecified atom stereocenters. The van der Waals surface area contributed by atoms with Crippen LogP contribution in [0.1, 0.15) is 19.8 Å². The van der Waals surface area contributed by atoms with Crippen LogP contribution < -0.4 is 10.1 Å². The second kappa shape index (κ2) is 8.26. The van der Waals surface area contributed by atoms with Crippen molar-refractivity contribution in [1.82, 2.24) is 10.2 Å². The maximum absolute atomic E-state index is 12.0. The molecule has 120 valence electrons. The molecule has 1 saturated heterocycles. The number of carbonyl (C=O) groups is 2. The quantitative estimate of drug-likeness (QED) is 0.667. The number of nitrogens with zero attached hydrogens (tertiary/aromatic N) is 1. The van der Waals surface area contributed by atoms with Gasteiger partial charge in [-0.25, -0.2) is 4.79 Å². The Bertz CT molecular complexity index is 484. The van der Waals surface area contributed by atoms with Gasteiger partial charge in [-0.2, -0.15) is 0 Å². The van der Waals surface area contributed by atoms with Gasteiger partial charge in [0.15, 0.2) is 6.73 Å². The van der Waals surface area contributed by atoms with E-state index in [1.807, 2.05) is 30.3 Å². The first-order valence-corrected chi connectivity index (χ1v) is 7.58. The molecule has 22 heavy (non-hydrogen) atoms. The van der Waals surface area contributed by atoms with Crippen molar-refractivity contribution in [3.63, 3.8) is 0 Å². The van der Waals surface area contributed by atoms with E-state index in [2.05, 4.69) is 5.32 Å². The van der Waals surface area contributed by atoms with Crippen molar-refractivity contribution in [2.75, 3.05) is 26.4 Å². The maximum Gasteiger partial charge on any atom is 0.320 e. The molecule has 2 amide bonds. The predicted octanol–water partition coefficient (Wildman–Crippen LogP) is 2.01. The van der Waals surface area contributed by atoms with Crippen LogP contribution in [0.3, 0.4) is 0 Å². The summed E-state index contributed by atoms with van der Waals surface area (Å²) in [5.41, 5.74) is 0. The maximum atomic E-state index is 12.0. The standard InChI is InChI=1S/C16H22N2O4/c1-2-21-15(19)13-8-10-18(11-9-13)16(20)17-12-22-14-6-4-3-5-7-14/h3-7,13H,2,8-12H2,1H3,(H,17,20). The molecule has 1 aromatic rings. The van der Waals surface area contributed by atoms with E-state index >= 15 is 0 Å². The number of hydrogen-bond donors (Lipinski definition) is 1. The molecular formula is C16H22N2O4. The average molecular weight is 306 g/mol. The largest absolute Gasteiger partial charge is 0.473 e. The zero-order chi connectivity index (χ0) is 15.8. The van der Waals surface area contributed by atoms with Gasteiger partial charge in [0.05, 0.1) is 12.5 Å². The number of carbonyl (C=O) groups excluding carboxylic acids is 2. The molecule has 2 rings (SSSR count). The van der Waals surface area contributed by atoms with Gasteiger partial charge in [-0.3, -0.25) is 4.79 Å². The average Bonchev–Trinajstić information content (AvgIpc) is 2.56. The number of likely N-dealkylation sites (tertiary alicyclic amines) is 1. The van der Waals surface area contributed by atoms with Gasteiger partial charge in [0, 0.05) is 13.1 Å². The highest BCUT2D eigenvalue weighted by Crippen LogP contribution is 2.18. The third-order valence-corrected chi connectivity index (χ3v) is 3.61. The Morgan fingerprint density at radius 1 is 1.23 bits per heavy atom. The lowest BCUT2D eigenvalue weighted by Crippen LogP contribution is -2.46. The minimum absolute atomic E-state index is 0.0930. The van der Waals surface area contributed by atoms with Gasteiger partial charge >= 0.3 is 12.0 Å². The highest BCUT2D eigenvalue weighted by molar-refractivity contribution is 5.75. The molecule has 0 atom stereocenters. The summed E-state index contributed by atoms with van der Waals surface area (Å²) in [4.78, 5) is 25.3. The molecule has 0 spiro atoms. The topological polar surface area (TPSA) is 67.9 Å². The Balaban J connectivity index is 1.68. The zero-order valence-electron chi connectivity index (χ0n) is 12.8. The zero-order valence-corrected chi connectivity index (χ0v) is 12.8. The smallest absolute Gasteiger partial charge is 0.320 e. The summed E-state index contributed by atoms with van der Waals surface area (Å²) in [5.74, 6) is 0.461. The molecule has 0 radical (unpaired) electrons. The number of hydrogen-bond acceptors (Lipinski definition) is 4. The van der Waals surface area contributed by atoms with Crippen LogP contribution in [0.25, 0.3) is 0 Å². The molecule has 1 aliphatic heterocycles. The van der Waals surface area contributed by atoms with E-state index in [4.69, 9.17) is 9.47 Å². The minimum Gasteiger partial charge on any atom is -0.473 e. The summed E-state index contributed by atoms with van der Waals surface area (Å²) in [7, 11) is 0. The SMILES string of the molecule is CCOC(=O)C1CCN(C(=O)NCOc2ccccc2)CC1. The summed E-state index contributed by atoms with van der Waals surface area (Å²) in [6, 6.07) is 9.14. The van der Waals surface area contributed by atoms with Crippen LogP contribution in [0.15, 0.2) is 30.3 Å². The number of benzene rings is 1. The summed E-state index contributed by atoms with van der Waals surface area (Å²) in [6.07, 6.45) is 1.29. The number of piperidine rings is 1. The van der Waals surface area contributed by atoms with Gasteiger partial charge in [0.25, 0.3) is 0 Å². The summed E-state index contributed by atoms with van der Waals surface area (Å²) in [6.45, 7) is 3.44. The highest BCUT2D eigenvalue weighted by atomic mass is 16.5. The number of para-hydroxylation sites is 1. The summed E-state index contributed by atoms with van der Waals surface area (Å²) in [5, 5.41) is 2.72. The molecule has 0 aliphatic carbocycles. The van der Waals surface area contributed by atoms with Crippen molar-refractivity contribution < 1.29 is 19.1 Å². The van der Waals surface area contributed by atoms with E-state index in [0.29, 0.717) is 38.3 Å². The van der Waals surface area contributed by atoms with Gasteiger partial charge in [0.1, 0.15) is 5.75 Å². The van der Waals surface area contributed by atoms with E-state index in [-0.39, 0.29) is 24.6 Å². The first-order chi connectivity index (χ1) is 10.7. The number of rotatable bonds is 5. The van der Waals surface area contributed by atoms with E-state index in [0.717, 1.165) is 0 Å². The van der Waals surface area contributed by atoms with Gasteiger partial charge < -0.3 is 19.7 Å². The van der Waals surface area contributed by atoms with Crippen molar-refractivity contribution in [2.24, 2.45) is 5.92 Å². The minimum atomic E-state index is -0.168. The molecule has 6 heteroatoms. The number of esters is 1. The van der Waals surface area contributed by atoms with Gasteiger partial charge in [-0.15, -0.1) is 0 Å². The number of amides is 2. The fourth-order valence-corrected chi connectivity index (χ4v) is 2.39. The van der Waals surface area contributed by atoms with Gasteiger partial charge in [-0.1, -0.05) is 18.2 Å². The lowest BCUT2D eigenvalue weighted by Gasteiger charge is -2.30. The lowest BCUT2D eigenvalue weighted by atomic mass is 9.97. The Hall–Kier alpha value is -2.24. The third-order valence-electron chi connectivity index (χ3n) is 3.61. The van der Waals surface area contributed by atoms with Gasteiger partial charge in [-0.05, 0) is 31.9 Å². The van der Waals surface area contributed by atoms with Crippen LogP contribution in [0, 0.1) is 5.92 Å². The number of nitrogens with one attached hydrogen (secondary N) is 1. The predicted molar refractivity (Wildman–Crippen MR) is 81.4 cm³/mol. The van der Waals surface area contributed by atoms with E-state index in [1.54, 1.807) is 11.8 Å². The Morgan fingerprint density at radius 3 is 2.55 bits per heavy atom. The molecule has 6 nitrogen and oxygen atoms in total. The van der Waals surface area contributed by atoms with Crippen LogP contribution in [-0.4, -0.2) is 43.3 Å². The van der Waals surface area contributed by atoms with Crippen molar-refractivity contribution in [3.05, 3.63) is 30.3 Å². The molecule has 1 fully saturated rings. The van der Waals surface area contributed by atoms with Gasteiger partial charge in [0.2, 0.25) is 0 Å². The van der Waals surface area contributed by atoms with E-state index < -0.39 is 0 Å². The number of urea groups is 1. The first kappa shape index (κ1) is 16.1. The fraction of sp³-hybridized carbons (Fsp3) is 0.500. The Kier molecular flexibility index (Phi) is 6.06. The Morgan fingerprint density at radius 2 is 1.91 bits per heavy atom. The lowest BCUT2D eigenvalue weighted by molar-refractivity contribution is -0.149. The molecule has 0 bridgehead atoms. The van der Waals surface area contributed by atoms with Crippen molar-refractivity contribution in [3.8, 4) is 5.75 Å². The molecule has 0 saturated carbocycles. The van der Waals surface area contributed by atoms with E-state index in [9.17, 15) is 9.59 Å². The second-order valence-corrected chi connectivity index (χ2v) is 5.10. The molecule has 1 N–H and O–H groups in total. The van der Waals surface area contributed by atoms with Crippen LogP contribution in [0.5, 0.6) is 5.75 Å². The fourth-order valence-electron chi connectivity index (χ4n) is 2.39. The van der Waals surface area contributed by atoms with Crippen LogP contribution in [0.2, 0.25) is 0 Å². The first-order valence-electron chi connectivity index (χ1n) is 7.58. The highest BCUT2D eigenvalue weighted by Gasteiger charge is 2.28. The van der Waals surface area contributed by atoms with Crippen LogP contribution in [0.4, 0.5) is 4.79 Å². The summed E-state index contributed by atoms with van der Waals surface area (Å²) < 4.78 is 10.4. The molecule has 1 aliphatic rings. The molecule has 1 aromatic carbocycles. The van der Waals surface area contributed by atoms with Crippen molar-refractivity contribution in [1.29, 1.82) is 0 Å². The Labute approximate surface area is 130 Å². The monoisotopic (exact) mass is 306 g/mol. The number of ether oxygens (including phenoxy) is 2. The van der Waals surface area contributed by atoms with Crippen LogP contribution in [-0.2, 0) is 9.53 Å². The van der Waals surface area contributed by atoms with Crippen molar-refractivity contribution >= 4 is 12.0 Å². The normalized spacial score (nSPS) is 15.2. The second-order valence-electron chi connectivity index (χ2n) is 5.10. The molecule has 0 aromatic heterocycles. The molecule has 1 heterocycles. The van der Waals surface area contributed by atoms with Crippen LogP contribution >= 0.6 is 0 Å². The molecular weight excluding hydrogens is 284 g/mol. The van der Waals surface area contributed by atoms with Crippen molar-refractivity contribution in [2.45, 2.75) is 19.8 Å². The van der Waals surface area contributed by atoms with E-state index in [1.165, 1.54) is 0 Å². The summed E-state index contributed by atoms with van der Waals surface area (Å²) >= 11 is 0.